The SMILES string of the molecule is C/C(=N/OCC(=O)N(Cc1cccs1)Cc1cccs1)c1ccc2c(c1)OCO2. The maximum absolute atomic E-state index is 12.8. The molecule has 0 unspecified atom stereocenters. The zero-order valence-corrected chi connectivity index (χ0v) is 17.5. The minimum absolute atomic E-state index is 0.103. The molecule has 1 amide bonds. The number of hydrogen-bond donors (Lipinski definition) is 0. The molecular formula is C21H20N2O4S2. The zero-order chi connectivity index (χ0) is 20.1. The smallest absolute Gasteiger partial charge is 0.264 e. The molecule has 1 aromatic carbocycles. The summed E-state index contributed by atoms with van der Waals surface area (Å²) >= 11 is 3.27. The number of hydrogen-bond acceptors (Lipinski definition) is 7. The quantitative estimate of drug-likeness (QED) is 0.391. The van der Waals surface area contributed by atoms with Crippen LogP contribution in [0.4, 0.5) is 0 Å². The van der Waals surface area contributed by atoms with Crippen molar-refractivity contribution in [1.29, 1.82) is 0 Å². The van der Waals surface area contributed by atoms with Crippen LogP contribution in [0.5, 0.6) is 11.5 Å². The first-order chi connectivity index (χ1) is 14.2. The summed E-state index contributed by atoms with van der Waals surface area (Å²) in [5.41, 5.74) is 1.52. The number of rotatable bonds is 8. The molecular weight excluding hydrogens is 408 g/mol. The molecule has 1 aliphatic rings. The molecule has 29 heavy (non-hydrogen) atoms. The van der Waals surface area contributed by atoms with Crippen molar-refractivity contribution in [3.63, 3.8) is 0 Å². The van der Waals surface area contributed by atoms with Gasteiger partial charge in [-0.1, -0.05) is 17.3 Å². The van der Waals surface area contributed by atoms with E-state index in [1.807, 2.05) is 60.1 Å². The van der Waals surface area contributed by atoms with Crippen LogP contribution in [0.1, 0.15) is 22.2 Å². The van der Waals surface area contributed by atoms with Crippen molar-refractivity contribution in [2.45, 2.75) is 20.0 Å². The van der Waals surface area contributed by atoms with Gasteiger partial charge >= 0.3 is 0 Å². The van der Waals surface area contributed by atoms with Crippen LogP contribution in [0.15, 0.2) is 58.4 Å². The molecule has 0 bridgehead atoms. The molecule has 1 aliphatic heterocycles. The van der Waals surface area contributed by atoms with Crippen LogP contribution in [0.2, 0.25) is 0 Å². The van der Waals surface area contributed by atoms with Gasteiger partial charge in [-0.2, -0.15) is 0 Å². The molecule has 0 spiro atoms. The molecule has 4 rings (SSSR count). The van der Waals surface area contributed by atoms with Gasteiger partial charge in [0, 0.05) is 15.3 Å². The predicted octanol–water partition coefficient (Wildman–Crippen LogP) is 4.51. The van der Waals surface area contributed by atoms with Gasteiger partial charge in [-0.25, -0.2) is 0 Å². The van der Waals surface area contributed by atoms with Crippen LogP contribution < -0.4 is 9.47 Å². The summed E-state index contributed by atoms with van der Waals surface area (Å²) in [5.74, 6) is 1.30. The lowest BCUT2D eigenvalue weighted by molar-refractivity contribution is -0.137. The monoisotopic (exact) mass is 428 g/mol. The number of benzene rings is 1. The first kappa shape index (κ1) is 19.5. The second-order valence-electron chi connectivity index (χ2n) is 6.43. The van der Waals surface area contributed by atoms with Crippen molar-refractivity contribution in [2.24, 2.45) is 5.16 Å². The van der Waals surface area contributed by atoms with E-state index in [2.05, 4.69) is 5.16 Å². The highest BCUT2D eigenvalue weighted by Crippen LogP contribution is 2.32. The first-order valence-electron chi connectivity index (χ1n) is 9.08. The standard InChI is InChI=1S/C21H20N2O4S2/c1-15(16-6-7-19-20(10-16)26-14-25-19)22-27-13-21(24)23(11-17-4-2-8-28-17)12-18-5-3-9-29-18/h2-10H,11-14H2,1H3/b22-15-. The molecule has 2 aromatic heterocycles. The maximum atomic E-state index is 12.8. The van der Waals surface area contributed by atoms with Gasteiger partial charge in [0.25, 0.3) is 5.91 Å². The van der Waals surface area contributed by atoms with E-state index in [-0.39, 0.29) is 19.3 Å². The Morgan fingerprint density at radius 1 is 1.07 bits per heavy atom. The van der Waals surface area contributed by atoms with Crippen LogP contribution in [-0.2, 0) is 22.7 Å². The van der Waals surface area contributed by atoms with E-state index in [4.69, 9.17) is 14.3 Å². The lowest BCUT2D eigenvalue weighted by Gasteiger charge is -2.21. The van der Waals surface area contributed by atoms with Crippen molar-refractivity contribution in [3.05, 3.63) is 68.5 Å². The highest BCUT2D eigenvalue weighted by molar-refractivity contribution is 7.10. The van der Waals surface area contributed by atoms with Crippen LogP contribution in [0.3, 0.4) is 0 Å². The molecule has 150 valence electrons. The number of ether oxygens (including phenoxy) is 2. The molecule has 0 N–H and O–H groups in total. The number of carbonyl (C=O) groups excluding carboxylic acids is 1. The van der Waals surface area contributed by atoms with Gasteiger partial charge in [0.15, 0.2) is 18.1 Å². The summed E-state index contributed by atoms with van der Waals surface area (Å²) in [6.45, 7) is 3.06. The average molecular weight is 429 g/mol. The van der Waals surface area contributed by atoms with E-state index < -0.39 is 0 Å². The molecule has 6 nitrogen and oxygen atoms in total. The Hall–Kier alpha value is -2.84. The van der Waals surface area contributed by atoms with Gasteiger partial charge in [0.2, 0.25) is 6.79 Å². The second kappa shape index (κ2) is 9.11. The first-order valence-corrected chi connectivity index (χ1v) is 10.8. The lowest BCUT2D eigenvalue weighted by Crippen LogP contribution is -2.32. The molecule has 0 aliphatic carbocycles. The Kier molecular flexibility index (Phi) is 6.12. The normalized spacial score (nSPS) is 12.8. The fourth-order valence-electron chi connectivity index (χ4n) is 2.86. The summed E-state index contributed by atoms with van der Waals surface area (Å²) in [6, 6.07) is 13.6. The number of carbonyl (C=O) groups is 1. The third-order valence-electron chi connectivity index (χ3n) is 4.39. The Bertz CT molecular complexity index is 948. The highest BCUT2D eigenvalue weighted by atomic mass is 32.1. The van der Waals surface area contributed by atoms with Gasteiger partial charge in [0.1, 0.15) is 0 Å². The van der Waals surface area contributed by atoms with Crippen LogP contribution >= 0.6 is 22.7 Å². The zero-order valence-electron chi connectivity index (χ0n) is 15.9. The van der Waals surface area contributed by atoms with E-state index in [9.17, 15) is 4.79 Å². The van der Waals surface area contributed by atoms with E-state index >= 15 is 0 Å². The lowest BCUT2D eigenvalue weighted by atomic mass is 10.1. The number of amides is 1. The van der Waals surface area contributed by atoms with E-state index in [1.165, 1.54) is 0 Å². The predicted molar refractivity (Wildman–Crippen MR) is 114 cm³/mol. The average Bonchev–Trinajstić information content (AvgIpc) is 3.49. The Morgan fingerprint density at radius 3 is 2.41 bits per heavy atom. The number of nitrogens with zero attached hydrogens (tertiary/aromatic N) is 2. The molecule has 0 radical (unpaired) electrons. The summed E-state index contributed by atoms with van der Waals surface area (Å²) in [7, 11) is 0. The summed E-state index contributed by atoms with van der Waals surface area (Å²) in [6.07, 6.45) is 0. The fourth-order valence-corrected chi connectivity index (χ4v) is 4.30. The van der Waals surface area contributed by atoms with Crippen molar-refractivity contribution in [3.8, 4) is 11.5 Å². The number of oxime groups is 1. The fraction of sp³-hybridized carbons (Fsp3) is 0.238. The van der Waals surface area contributed by atoms with Gasteiger partial charge in [-0.15, -0.1) is 22.7 Å². The minimum atomic E-state index is -0.112. The number of thiophene rings is 2. The Balaban J connectivity index is 1.38. The van der Waals surface area contributed by atoms with E-state index in [0.29, 0.717) is 24.6 Å². The summed E-state index contributed by atoms with van der Waals surface area (Å²) in [4.78, 5) is 22.2. The molecule has 8 heteroatoms. The molecule has 0 atom stereocenters. The third kappa shape index (κ3) is 4.96. The Labute approximate surface area is 176 Å². The molecule has 0 fully saturated rings. The van der Waals surface area contributed by atoms with E-state index in [0.717, 1.165) is 21.1 Å². The maximum Gasteiger partial charge on any atom is 0.264 e. The Morgan fingerprint density at radius 2 is 1.76 bits per heavy atom. The van der Waals surface area contributed by atoms with Crippen LogP contribution in [-0.4, -0.2) is 29.9 Å². The van der Waals surface area contributed by atoms with Crippen LogP contribution in [0, 0.1) is 0 Å². The van der Waals surface area contributed by atoms with Gasteiger partial charge < -0.3 is 19.2 Å². The summed E-state index contributed by atoms with van der Waals surface area (Å²) < 4.78 is 10.7. The van der Waals surface area contributed by atoms with E-state index in [1.54, 1.807) is 27.6 Å². The largest absolute Gasteiger partial charge is 0.454 e. The van der Waals surface area contributed by atoms with Crippen molar-refractivity contribution in [1.82, 2.24) is 4.90 Å². The van der Waals surface area contributed by atoms with Crippen LogP contribution in [0.25, 0.3) is 0 Å². The molecule has 3 aromatic rings. The van der Waals surface area contributed by atoms with Crippen molar-refractivity contribution >= 4 is 34.3 Å². The highest BCUT2D eigenvalue weighted by Gasteiger charge is 2.17. The molecule has 3 heterocycles. The second-order valence-corrected chi connectivity index (χ2v) is 8.49. The van der Waals surface area contributed by atoms with Gasteiger partial charge in [0.05, 0.1) is 18.8 Å². The molecule has 0 saturated heterocycles. The van der Waals surface area contributed by atoms with Gasteiger partial charge in [-0.05, 0) is 48.0 Å². The molecule has 0 saturated carbocycles. The summed E-state index contributed by atoms with van der Waals surface area (Å²) in [5, 5.41) is 8.14. The van der Waals surface area contributed by atoms with Crippen molar-refractivity contribution < 1.29 is 19.1 Å². The van der Waals surface area contributed by atoms with Crippen molar-refractivity contribution in [2.75, 3.05) is 13.4 Å². The number of fused-ring (bicyclic) bond motifs is 1. The topological polar surface area (TPSA) is 60.4 Å². The van der Waals surface area contributed by atoms with Gasteiger partial charge in [-0.3, -0.25) is 4.79 Å². The minimum Gasteiger partial charge on any atom is -0.454 e. The third-order valence-corrected chi connectivity index (χ3v) is 6.11.